The number of rotatable bonds is 3. The molecule has 1 heterocycles. The summed E-state index contributed by atoms with van der Waals surface area (Å²) in [5.41, 5.74) is 0.656. The minimum atomic E-state index is -3.95. The SMILES string of the molecule is CO[C@H]1CN(S(=O)(=O)c2cc(C)ccc2F)C[C@@H]1O. The van der Waals surface area contributed by atoms with Crippen LogP contribution in [0.2, 0.25) is 0 Å². The molecular formula is C12H16FNO4S. The Labute approximate surface area is 111 Å². The number of nitrogens with zero attached hydrogens (tertiary/aromatic N) is 1. The fourth-order valence-electron chi connectivity index (χ4n) is 2.10. The molecule has 0 bridgehead atoms. The summed E-state index contributed by atoms with van der Waals surface area (Å²) >= 11 is 0. The monoisotopic (exact) mass is 289 g/mol. The van der Waals surface area contributed by atoms with E-state index in [0.29, 0.717) is 5.56 Å². The van der Waals surface area contributed by atoms with Crippen molar-refractivity contribution < 1.29 is 22.7 Å². The lowest BCUT2D eigenvalue weighted by Gasteiger charge is -2.16. The molecule has 19 heavy (non-hydrogen) atoms. The number of sulfonamides is 1. The van der Waals surface area contributed by atoms with Crippen LogP contribution in [-0.4, -0.2) is 50.2 Å². The third kappa shape index (κ3) is 2.64. The molecule has 2 atom stereocenters. The molecule has 1 fully saturated rings. The van der Waals surface area contributed by atoms with Gasteiger partial charge in [0, 0.05) is 20.2 Å². The Kier molecular flexibility index (Phi) is 3.91. The van der Waals surface area contributed by atoms with Crippen LogP contribution in [0.1, 0.15) is 5.56 Å². The van der Waals surface area contributed by atoms with Gasteiger partial charge in [0.2, 0.25) is 10.0 Å². The van der Waals surface area contributed by atoms with Crippen molar-refractivity contribution in [3.63, 3.8) is 0 Å². The highest BCUT2D eigenvalue weighted by Crippen LogP contribution is 2.25. The van der Waals surface area contributed by atoms with Gasteiger partial charge in [0.15, 0.2) is 0 Å². The lowest BCUT2D eigenvalue weighted by molar-refractivity contribution is 0.0216. The topological polar surface area (TPSA) is 66.8 Å². The van der Waals surface area contributed by atoms with Crippen molar-refractivity contribution in [2.24, 2.45) is 0 Å². The van der Waals surface area contributed by atoms with Crippen LogP contribution in [0.25, 0.3) is 0 Å². The molecule has 5 nitrogen and oxygen atoms in total. The summed E-state index contributed by atoms with van der Waals surface area (Å²) in [5, 5.41) is 9.67. The predicted molar refractivity (Wildman–Crippen MR) is 66.7 cm³/mol. The number of β-amino-alcohol motifs (C(OH)–C–C–N with tert-alkyl or cyclic N) is 1. The van der Waals surface area contributed by atoms with E-state index in [1.165, 1.54) is 19.2 Å². The van der Waals surface area contributed by atoms with Crippen LogP contribution in [0.4, 0.5) is 4.39 Å². The maximum atomic E-state index is 13.7. The number of halogens is 1. The van der Waals surface area contributed by atoms with Gasteiger partial charge in [-0.15, -0.1) is 0 Å². The zero-order chi connectivity index (χ0) is 14.2. The molecule has 7 heteroatoms. The summed E-state index contributed by atoms with van der Waals surface area (Å²) in [5.74, 6) is -0.791. The van der Waals surface area contributed by atoms with Crippen molar-refractivity contribution in [1.82, 2.24) is 4.31 Å². The predicted octanol–water partition coefficient (Wildman–Crippen LogP) is 0.514. The molecule has 0 unspecified atom stereocenters. The van der Waals surface area contributed by atoms with E-state index < -0.39 is 28.0 Å². The second-order valence-corrected chi connectivity index (χ2v) is 6.50. The molecule has 1 aliphatic heterocycles. The fraction of sp³-hybridized carbons (Fsp3) is 0.500. The van der Waals surface area contributed by atoms with Gasteiger partial charge in [-0.3, -0.25) is 0 Å². The number of hydrogen-bond donors (Lipinski definition) is 1. The Morgan fingerprint density at radius 1 is 1.42 bits per heavy atom. The minimum absolute atomic E-state index is 0.0212. The number of ether oxygens (including phenoxy) is 1. The Bertz CT molecular complexity index is 575. The second kappa shape index (κ2) is 5.16. The van der Waals surface area contributed by atoms with Gasteiger partial charge in [0.25, 0.3) is 0 Å². The van der Waals surface area contributed by atoms with E-state index in [4.69, 9.17) is 4.74 Å². The molecule has 1 saturated heterocycles. The van der Waals surface area contributed by atoms with Crippen molar-refractivity contribution in [1.29, 1.82) is 0 Å². The minimum Gasteiger partial charge on any atom is -0.389 e. The zero-order valence-electron chi connectivity index (χ0n) is 10.7. The molecule has 1 aliphatic rings. The van der Waals surface area contributed by atoms with E-state index in [0.717, 1.165) is 10.4 Å². The van der Waals surface area contributed by atoms with Gasteiger partial charge in [0.1, 0.15) is 10.7 Å². The lowest BCUT2D eigenvalue weighted by atomic mass is 10.2. The first-order valence-electron chi connectivity index (χ1n) is 5.83. The smallest absolute Gasteiger partial charge is 0.246 e. The number of aliphatic hydroxyl groups excluding tert-OH is 1. The maximum absolute atomic E-state index is 13.7. The first-order chi connectivity index (χ1) is 8.86. The summed E-state index contributed by atoms with van der Waals surface area (Å²) in [7, 11) is -2.55. The standard InChI is InChI=1S/C12H16FNO4S/c1-8-3-4-9(13)12(5-8)19(16,17)14-6-10(15)11(7-14)18-2/h3-5,10-11,15H,6-7H2,1-2H3/t10-,11-/m0/s1. The van der Waals surface area contributed by atoms with Crippen LogP contribution < -0.4 is 0 Å². The molecule has 0 saturated carbocycles. The van der Waals surface area contributed by atoms with Crippen LogP contribution in [0.3, 0.4) is 0 Å². The fourth-order valence-corrected chi connectivity index (χ4v) is 3.72. The van der Waals surface area contributed by atoms with Crippen molar-refractivity contribution in [3.05, 3.63) is 29.6 Å². The van der Waals surface area contributed by atoms with Crippen LogP contribution in [0.15, 0.2) is 23.1 Å². The Balaban J connectivity index is 2.36. The molecule has 0 spiro atoms. The summed E-state index contributed by atoms with van der Waals surface area (Å²) in [6.07, 6.45) is -1.48. The van der Waals surface area contributed by atoms with Gasteiger partial charge < -0.3 is 9.84 Å². The van der Waals surface area contributed by atoms with Crippen LogP contribution in [0.5, 0.6) is 0 Å². The van der Waals surface area contributed by atoms with E-state index in [1.54, 1.807) is 6.92 Å². The summed E-state index contributed by atoms with van der Waals surface area (Å²) in [6, 6.07) is 3.92. The van der Waals surface area contributed by atoms with Gasteiger partial charge in [-0.05, 0) is 24.6 Å². The molecule has 0 aromatic heterocycles. The molecule has 0 amide bonds. The molecule has 106 valence electrons. The number of aliphatic hydroxyl groups is 1. The molecule has 1 aromatic rings. The Hall–Kier alpha value is -1.02. The quantitative estimate of drug-likeness (QED) is 0.880. The molecule has 0 aliphatic carbocycles. The maximum Gasteiger partial charge on any atom is 0.246 e. The second-order valence-electron chi connectivity index (χ2n) is 4.60. The molecule has 1 aromatic carbocycles. The van der Waals surface area contributed by atoms with Crippen LogP contribution >= 0.6 is 0 Å². The van der Waals surface area contributed by atoms with Crippen molar-refractivity contribution in [2.45, 2.75) is 24.0 Å². The van der Waals surface area contributed by atoms with Gasteiger partial charge in [-0.25, -0.2) is 12.8 Å². The molecule has 0 radical (unpaired) electrons. The molecular weight excluding hydrogens is 273 g/mol. The van der Waals surface area contributed by atoms with Gasteiger partial charge in [-0.1, -0.05) is 6.07 Å². The average molecular weight is 289 g/mol. The van der Waals surface area contributed by atoms with Crippen molar-refractivity contribution in [3.8, 4) is 0 Å². The third-order valence-electron chi connectivity index (χ3n) is 3.21. The van der Waals surface area contributed by atoms with E-state index in [1.807, 2.05) is 0 Å². The van der Waals surface area contributed by atoms with Crippen LogP contribution in [0, 0.1) is 12.7 Å². The van der Waals surface area contributed by atoms with E-state index in [-0.39, 0.29) is 18.0 Å². The zero-order valence-corrected chi connectivity index (χ0v) is 11.5. The highest BCUT2D eigenvalue weighted by Gasteiger charge is 2.39. The Morgan fingerprint density at radius 2 is 2.11 bits per heavy atom. The van der Waals surface area contributed by atoms with Crippen molar-refractivity contribution >= 4 is 10.0 Å². The van der Waals surface area contributed by atoms with E-state index in [9.17, 15) is 17.9 Å². The number of hydrogen-bond acceptors (Lipinski definition) is 4. The molecule has 1 N–H and O–H groups in total. The first-order valence-corrected chi connectivity index (χ1v) is 7.27. The number of methoxy groups -OCH3 is 1. The first kappa shape index (κ1) is 14.4. The Morgan fingerprint density at radius 3 is 2.68 bits per heavy atom. The number of benzene rings is 1. The van der Waals surface area contributed by atoms with E-state index >= 15 is 0 Å². The van der Waals surface area contributed by atoms with Gasteiger partial charge >= 0.3 is 0 Å². The lowest BCUT2D eigenvalue weighted by Crippen LogP contribution is -2.30. The van der Waals surface area contributed by atoms with Gasteiger partial charge in [-0.2, -0.15) is 4.31 Å². The summed E-state index contributed by atoms with van der Waals surface area (Å²) in [4.78, 5) is -0.364. The van der Waals surface area contributed by atoms with E-state index in [2.05, 4.69) is 0 Å². The third-order valence-corrected chi connectivity index (χ3v) is 5.06. The summed E-state index contributed by atoms with van der Waals surface area (Å²) in [6.45, 7) is 1.62. The highest BCUT2D eigenvalue weighted by molar-refractivity contribution is 7.89. The number of aryl methyl sites for hydroxylation is 1. The normalized spacial score (nSPS) is 24.8. The summed E-state index contributed by atoms with van der Waals surface area (Å²) < 4.78 is 44.4. The average Bonchev–Trinajstić information content (AvgIpc) is 2.74. The van der Waals surface area contributed by atoms with Gasteiger partial charge in [0.05, 0.1) is 12.2 Å². The van der Waals surface area contributed by atoms with Crippen molar-refractivity contribution in [2.75, 3.05) is 20.2 Å². The van der Waals surface area contributed by atoms with Crippen LogP contribution in [-0.2, 0) is 14.8 Å². The molecule has 2 rings (SSSR count). The largest absolute Gasteiger partial charge is 0.389 e. The highest BCUT2D eigenvalue weighted by atomic mass is 32.2.